The van der Waals surface area contributed by atoms with Crippen molar-refractivity contribution >= 4 is 5.91 Å². The third kappa shape index (κ3) is 2.63. The highest BCUT2D eigenvalue weighted by atomic mass is 16.3. The molecule has 0 spiro atoms. The third-order valence-electron chi connectivity index (χ3n) is 2.72. The zero-order chi connectivity index (χ0) is 11.4. The van der Waals surface area contributed by atoms with E-state index in [-0.39, 0.29) is 24.1 Å². The van der Waals surface area contributed by atoms with Crippen molar-refractivity contribution in [1.82, 2.24) is 5.32 Å². The second kappa shape index (κ2) is 4.84. The van der Waals surface area contributed by atoms with Crippen molar-refractivity contribution in [2.24, 2.45) is 0 Å². The van der Waals surface area contributed by atoms with Crippen LogP contribution in [-0.4, -0.2) is 17.1 Å². The lowest BCUT2D eigenvalue weighted by atomic mass is 10.1. The van der Waals surface area contributed by atoms with Gasteiger partial charge in [0.2, 0.25) is 5.91 Å². The molecule has 0 bridgehead atoms. The van der Waals surface area contributed by atoms with Gasteiger partial charge in [0.05, 0.1) is 6.42 Å². The molecule has 1 amide bonds. The molecule has 2 rings (SSSR count). The van der Waals surface area contributed by atoms with E-state index < -0.39 is 0 Å². The minimum atomic E-state index is -0.0322. The highest BCUT2D eigenvalue weighted by molar-refractivity contribution is 5.79. The molecule has 0 aromatic heterocycles. The number of nitrogens with one attached hydrogen (secondary N) is 1. The average Bonchev–Trinajstić information content (AvgIpc) is 2.74. The quantitative estimate of drug-likeness (QED) is 0.758. The number of para-hydroxylation sites is 1. The number of hydrogen-bond donors (Lipinski definition) is 2. The number of carbonyl (C=O) groups is 1. The molecule has 1 aliphatic carbocycles. The van der Waals surface area contributed by atoms with Crippen LogP contribution in [0.5, 0.6) is 5.75 Å². The minimum absolute atomic E-state index is 0.0322. The molecule has 1 aliphatic rings. The van der Waals surface area contributed by atoms with Crippen LogP contribution in [0.2, 0.25) is 0 Å². The first-order chi connectivity index (χ1) is 7.75. The summed E-state index contributed by atoms with van der Waals surface area (Å²) in [5, 5.41) is 12.5. The van der Waals surface area contributed by atoms with Crippen LogP contribution >= 0.6 is 0 Å². The summed E-state index contributed by atoms with van der Waals surface area (Å²) < 4.78 is 0. The first-order valence-corrected chi connectivity index (χ1v) is 5.47. The highest BCUT2D eigenvalue weighted by Gasteiger charge is 2.14. The number of carbonyl (C=O) groups excluding carboxylic acids is 1. The van der Waals surface area contributed by atoms with Gasteiger partial charge in [-0.3, -0.25) is 4.79 Å². The fourth-order valence-corrected chi connectivity index (χ4v) is 1.85. The molecule has 2 N–H and O–H groups in total. The SMILES string of the molecule is O=C(Cc1ccccc1O)NC1CC=CC1. The molecular formula is C13H15NO2. The number of benzene rings is 1. The number of amides is 1. The summed E-state index contributed by atoms with van der Waals surface area (Å²) in [6.45, 7) is 0. The maximum absolute atomic E-state index is 11.7. The molecule has 0 unspecified atom stereocenters. The summed E-state index contributed by atoms with van der Waals surface area (Å²) in [6, 6.07) is 7.16. The fourth-order valence-electron chi connectivity index (χ4n) is 1.85. The van der Waals surface area contributed by atoms with Gasteiger partial charge in [0, 0.05) is 11.6 Å². The van der Waals surface area contributed by atoms with E-state index in [4.69, 9.17) is 0 Å². The molecule has 1 aromatic carbocycles. The van der Waals surface area contributed by atoms with E-state index in [1.807, 2.05) is 6.07 Å². The number of hydrogen-bond acceptors (Lipinski definition) is 2. The minimum Gasteiger partial charge on any atom is -0.508 e. The van der Waals surface area contributed by atoms with Crippen LogP contribution < -0.4 is 5.32 Å². The van der Waals surface area contributed by atoms with E-state index in [0.717, 1.165) is 12.8 Å². The van der Waals surface area contributed by atoms with E-state index in [0.29, 0.717) is 5.56 Å². The van der Waals surface area contributed by atoms with Crippen molar-refractivity contribution in [2.75, 3.05) is 0 Å². The molecule has 16 heavy (non-hydrogen) atoms. The van der Waals surface area contributed by atoms with Crippen molar-refractivity contribution in [1.29, 1.82) is 0 Å². The van der Waals surface area contributed by atoms with Crippen molar-refractivity contribution in [3.05, 3.63) is 42.0 Å². The van der Waals surface area contributed by atoms with Gasteiger partial charge in [-0.15, -0.1) is 0 Å². The second-order valence-corrected chi connectivity index (χ2v) is 4.01. The van der Waals surface area contributed by atoms with Gasteiger partial charge in [0.15, 0.2) is 0 Å². The lowest BCUT2D eigenvalue weighted by Gasteiger charge is -2.12. The summed E-state index contributed by atoms with van der Waals surface area (Å²) in [7, 11) is 0. The summed E-state index contributed by atoms with van der Waals surface area (Å²) in [6.07, 6.45) is 6.21. The van der Waals surface area contributed by atoms with E-state index in [2.05, 4.69) is 17.5 Å². The topological polar surface area (TPSA) is 49.3 Å². The number of rotatable bonds is 3. The second-order valence-electron chi connectivity index (χ2n) is 4.01. The van der Waals surface area contributed by atoms with Gasteiger partial charge in [-0.1, -0.05) is 30.4 Å². The molecule has 0 aliphatic heterocycles. The molecular weight excluding hydrogens is 202 g/mol. The Morgan fingerprint density at radius 1 is 1.31 bits per heavy atom. The van der Waals surface area contributed by atoms with Crippen LogP contribution in [0.1, 0.15) is 18.4 Å². The van der Waals surface area contributed by atoms with E-state index in [1.165, 1.54) is 0 Å². The van der Waals surface area contributed by atoms with Gasteiger partial charge in [0.1, 0.15) is 5.75 Å². The molecule has 1 aromatic rings. The van der Waals surface area contributed by atoms with Crippen molar-refractivity contribution < 1.29 is 9.90 Å². The number of phenols is 1. The van der Waals surface area contributed by atoms with Gasteiger partial charge in [-0.2, -0.15) is 0 Å². The average molecular weight is 217 g/mol. The predicted molar refractivity (Wildman–Crippen MR) is 62.1 cm³/mol. The van der Waals surface area contributed by atoms with E-state index >= 15 is 0 Å². The van der Waals surface area contributed by atoms with Gasteiger partial charge in [-0.25, -0.2) is 0 Å². The Morgan fingerprint density at radius 2 is 2.00 bits per heavy atom. The standard InChI is InChI=1S/C13H15NO2/c15-12-8-4-1-5-10(12)9-13(16)14-11-6-2-3-7-11/h1-5,8,11,15H,6-7,9H2,(H,14,16). The molecule has 0 atom stereocenters. The van der Waals surface area contributed by atoms with Crippen LogP contribution in [0, 0.1) is 0 Å². The van der Waals surface area contributed by atoms with Crippen molar-refractivity contribution in [2.45, 2.75) is 25.3 Å². The fraction of sp³-hybridized carbons (Fsp3) is 0.308. The normalized spacial score (nSPS) is 15.2. The Bertz CT molecular complexity index is 404. The van der Waals surface area contributed by atoms with Crippen molar-refractivity contribution in [3.8, 4) is 5.75 Å². The van der Waals surface area contributed by atoms with Gasteiger partial charge >= 0.3 is 0 Å². The zero-order valence-electron chi connectivity index (χ0n) is 9.02. The maximum atomic E-state index is 11.7. The van der Waals surface area contributed by atoms with Gasteiger partial charge < -0.3 is 10.4 Å². The molecule has 0 fully saturated rings. The first-order valence-electron chi connectivity index (χ1n) is 5.47. The number of phenolic OH excluding ortho intramolecular Hbond substituents is 1. The summed E-state index contributed by atoms with van der Waals surface area (Å²) in [4.78, 5) is 11.7. The first kappa shape index (κ1) is 10.7. The monoisotopic (exact) mass is 217 g/mol. The Morgan fingerprint density at radius 3 is 2.69 bits per heavy atom. The molecule has 0 heterocycles. The van der Waals surface area contributed by atoms with Crippen molar-refractivity contribution in [3.63, 3.8) is 0 Å². The Kier molecular flexibility index (Phi) is 3.25. The number of aromatic hydroxyl groups is 1. The lowest BCUT2D eigenvalue weighted by Crippen LogP contribution is -2.33. The maximum Gasteiger partial charge on any atom is 0.224 e. The van der Waals surface area contributed by atoms with E-state index in [9.17, 15) is 9.90 Å². The molecule has 0 saturated carbocycles. The van der Waals surface area contributed by atoms with Gasteiger partial charge in [-0.05, 0) is 18.9 Å². The van der Waals surface area contributed by atoms with Crippen LogP contribution in [0.15, 0.2) is 36.4 Å². The summed E-state index contributed by atoms with van der Waals surface area (Å²) in [5.74, 6) is 0.150. The third-order valence-corrected chi connectivity index (χ3v) is 2.72. The molecule has 0 saturated heterocycles. The summed E-state index contributed by atoms with van der Waals surface area (Å²) >= 11 is 0. The Balaban J connectivity index is 1.89. The Hall–Kier alpha value is -1.77. The molecule has 3 nitrogen and oxygen atoms in total. The Labute approximate surface area is 94.8 Å². The van der Waals surface area contributed by atoms with Crippen LogP contribution in [0.4, 0.5) is 0 Å². The molecule has 0 radical (unpaired) electrons. The van der Waals surface area contributed by atoms with Gasteiger partial charge in [0.25, 0.3) is 0 Å². The molecule has 3 heteroatoms. The van der Waals surface area contributed by atoms with Crippen LogP contribution in [0.3, 0.4) is 0 Å². The largest absolute Gasteiger partial charge is 0.508 e. The van der Waals surface area contributed by atoms with Crippen LogP contribution in [-0.2, 0) is 11.2 Å². The van der Waals surface area contributed by atoms with E-state index in [1.54, 1.807) is 18.2 Å². The van der Waals surface area contributed by atoms with Crippen LogP contribution in [0.25, 0.3) is 0 Å². The molecule has 84 valence electrons. The lowest BCUT2D eigenvalue weighted by molar-refractivity contribution is -0.121. The smallest absolute Gasteiger partial charge is 0.224 e. The summed E-state index contributed by atoms with van der Waals surface area (Å²) in [5.41, 5.74) is 0.672. The highest BCUT2D eigenvalue weighted by Crippen LogP contribution is 2.16. The zero-order valence-corrected chi connectivity index (χ0v) is 9.02. The predicted octanol–water partition coefficient (Wildman–Crippen LogP) is 1.77.